The Kier molecular flexibility index (Phi) is 5.23. The van der Waals surface area contributed by atoms with Crippen molar-refractivity contribution in [2.75, 3.05) is 18.6 Å². The van der Waals surface area contributed by atoms with Gasteiger partial charge in [0, 0.05) is 24.5 Å². The number of carbonyl (C=O) groups is 2. The van der Waals surface area contributed by atoms with Crippen LogP contribution in [0.15, 0.2) is 30.5 Å². The molecule has 0 radical (unpaired) electrons. The van der Waals surface area contributed by atoms with Crippen LogP contribution in [0.4, 0.5) is 5.69 Å². The van der Waals surface area contributed by atoms with Gasteiger partial charge in [0.15, 0.2) is 6.61 Å². The molecule has 0 aliphatic carbocycles. The summed E-state index contributed by atoms with van der Waals surface area (Å²) in [7, 11) is 1.68. The van der Waals surface area contributed by atoms with Gasteiger partial charge < -0.3 is 14.7 Å². The van der Waals surface area contributed by atoms with Crippen LogP contribution in [0, 0.1) is 6.92 Å². The first-order valence-corrected chi connectivity index (χ1v) is 7.58. The van der Waals surface area contributed by atoms with E-state index in [0.717, 1.165) is 5.69 Å². The third-order valence-corrected chi connectivity index (χ3v) is 3.66. The Morgan fingerprint density at radius 1 is 1.29 bits per heavy atom. The van der Waals surface area contributed by atoms with Crippen LogP contribution in [0.25, 0.3) is 0 Å². The van der Waals surface area contributed by atoms with Crippen LogP contribution in [0.1, 0.15) is 35.9 Å². The average molecular weight is 331 g/mol. The largest absolute Gasteiger partial charge is 0.482 e. The lowest BCUT2D eigenvalue weighted by Crippen LogP contribution is -2.26. The van der Waals surface area contributed by atoms with Crippen LogP contribution in [-0.2, 0) is 4.79 Å². The molecular weight excluding hydrogens is 310 g/mol. The normalized spacial score (nSPS) is 10.7. The van der Waals surface area contributed by atoms with Crippen molar-refractivity contribution >= 4 is 17.6 Å². The van der Waals surface area contributed by atoms with Crippen molar-refractivity contribution in [3.63, 3.8) is 0 Å². The maximum Gasteiger partial charge on any atom is 0.341 e. The highest BCUT2D eigenvalue weighted by Crippen LogP contribution is 2.22. The van der Waals surface area contributed by atoms with Crippen molar-refractivity contribution in [2.24, 2.45) is 0 Å². The Labute approximate surface area is 140 Å². The molecule has 0 atom stereocenters. The Bertz CT molecular complexity index is 735. The molecule has 128 valence electrons. The fourth-order valence-corrected chi connectivity index (χ4v) is 2.36. The summed E-state index contributed by atoms with van der Waals surface area (Å²) in [6, 6.07) is 6.86. The molecule has 0 unspecified atom stereocenters. The van der Waals surface area contributed by atoms with Gasteiger partial charge in [-0.15, -0.1) is 0 Å². The lowest BCUT2D eigenvalue weighted by Gasteiger charge is -2.18. The summed E-state index contributed by atoms with van der Waals surface area (Å²) in [5, 5.41) is 12.9. The SMILES string of the molecule is Cc1c(C(=O)N(C)c2ccc(OCC(=O)O)cc2)cnn1C(C)C. The molecule has 0 saturated carbocycles. The van der Waals surface area contributed by atoms with Crippen molar-refractivity contribution in [1.29, 1.82) is 0 Å². The van der Waals surface area contributed by atoms with Crippen LogP contribution < -0.4 is 9.64 Å². The highest BCUT2D eigenvalue weighted by Gasteiger charge is 2.20. The zero-order valence-corrected chi connectivity index (χ0v) is 14.2. The van der Waals surface area contributed by atoms with Gasteiger partial charge in [-0.05, 0) is 45.0 Å². The molecular formula is C17H21N3O4. The summed E-state index contributed by atoms with van der Waals surface area (Å²) in [5.74, 6) is -0.756. The molecule has 1 N–H and O–H groups in total. The molecule has 24 heavy (non-hydrogen) atoms. The van der Waals surface area contributed by atoms with E-state index in [1.807, 2.05) is 25.5 Å². The van der Waals surface area contributed by atoms with Crippen molar-refractivity contribution in [2.45, 2.75) is 26.8 Å². The first-order chi connectivity index (χ1) is 11.3. The number of aromatic nitrogens is 2. The van der Waals surface area contributed by atoms with Gasteiger partial charge in [0.25, 0.3) is 5.91 Å². The van der Waals surface area contributed by atoms with Crippen LogP contribution in [0.5, 0.6) is 5.75 Å². The minimum absolute atomic E-state index is 0.154. The molecule has 0 aliphatic heterocycles. The Balaban J connectivity index is 2.14. The number of carbonyl (C=O) groups excluding carboxylic acids is 1. The number of hydrogen-bond donors (Lipinski definition) is 1. The van der Waals surface area contributed by atoms with E-state index in [0.29, 0.717) is 17.0 Å². The predicted octanol–water partition coefficient (Wildman–Crippen LogP) is 2.51. The van der Waals surface area contributed by atoms with E-state index in [1.54, 1.807) is 37.5 Å². The van der Waals surface area contributed by atoms with Gasteiger partial charge in [0.2, 0.25) is 0 Å². The van der Waals surface area contributed by atoms with Crippen molar-refractivity contribution in [1.82, 2.24) is 9.78 Å². The number of nitrogens with zero attached hydrogens (tertiary/aromatic N) is 3. The zero-order valence-electron chi connectivity index (χ0n) is 14.2. The van der Waals surface area contributed by atoms with Crippen molar-refractivity contribution < 1.29 is 19.4 Å². The fraction of sp³-hybridized carbons (Fsp3) is 0.353. The predicted molar refractivity (Wildman–Crippen MR) is 89.7 cm³/mol. The highest BCUT2D eigenvalue weighted by molar-refractivity contribution is 6.06. The number of aliphatic carboxylic acids is 1. The summed E-state index contributed by atoms with van der Waals surface area (Å²) in [4.78, 5) is 24.7. The summed E-state index contributed by atoms with van der Waals surface area (Å²) >= 11 is 0. The fourth-order valence-electron chi connectivity index (χ4n) is 2.36. The van der Waals surface area contributed by atoms with E-state index in [9.17, 15) is 9.59 Å². The number of hydrogen-bond acceptors (Lipinski definition) is 4. The van der Waals surface area contributed by atoms with E-state index in [1.165, 1.54) is 4.90 Å². The molecule has 2 aromatic rings. The van der Waals surface area contributed by atoms with Gasteiger partial charge in [0.05, 0.1) is 11.8 Å². The van der Waals surface area contributed by atoms with E-state index >= 15 is 0 Å². The van der Waals surface area contributed by atoms with Crippen molar-refractivity contribution in [3.8, 4) is 5.75 Å². The van der Waals surface area contributed by atoms with E-state index in [4.69, 9.17) is 9.84 Å². The second kappa shape index (κ2) is 7.16. The van der Waals surface area contributed by atoms with E-state index < -0.39 is 12.6 Å². The summed E-state index contributed by atoms with van der Waals surface area (Å²) in [6.45, 7) is 5.49. The van der Waals surface area contributed by atoms with Crippen LogP contribution in [0.3, 0.4) is 0 Å². The third-order valence-electron chi connectivity index (χ3n) is 3.66. The topological polar surface area (TPSA) is 84.7 Å². The number of benzene rings is 1. The van der Waals surface area contributed by atoms with Gasteiger partial charge >= 0.3 is 5.97 Å². The molecule has 7 heteroatoms. The number of carboxylic acids is 1. The van der Waals surface area contributed by atoms with Gasteiger partial charge in [-0.2, -0.15) is 5.10 Å². The Morgan fingerprint density at radius 2 is 1.92 bits per heavy atom. The lowest BCUT2D eigenvalue weighted by molar-refractivity contribution is -0.139. The molecule has 0 fully saturated rings. The molecule has 1 amide bonds. The molecule has 7 nitrogen and oxygen atoms in total. The van der Waals surface area contributed by atoms with E-state index in [2.05, 4.69) is 5.10 Å². The van der Waals surface area contributed by atoms with Gasteiger partial charge in [-0.25, -0.2) is 4.79 Å². The van der Waals surface area contributed by atoms with Gasteiger partial charge in [-0.3, -0.25) is 9.48 Å². The third kappa shape index (κ3) is 3.73. The van der Waals surface area contributed by atoms with Crippen LogP contribution in [-0.4, -0.2) is 40.4 Å². The van der Waals surface area contributed by atoms with Crippen LogP contribution in [0.2, 0.25) is 0 Å². The first kappa shape index (κ1) is 17.5. The Morgan fingerprint density at radius 3 is 2.42 bits per heavy atom. The molecule has 1 heterocycles. The van der Waals surface area contributed by atoms with Crippen LogP contribution >= 0.6 is 0 Å². The average Bonchev–Trinajstić information content (AvgIpc) is 2.93. The summed E-state index contributed by atoms with van der Waals surface area (Å²) < 4.78 is 6.89. The number of amides is 1. The molecule has 0 spiro atoms. The van der Waals surface area contributed by atoms with Gasteiger partial charge in [-0.1, -0.05) is 0 Å². The minimum atomic E-state index is -1.04. The number of rotatable bonds is 6. The number of carboxylic acid groups (broad SMARTS) is 1. The maximum atomic E-state index is 12.7. The standard InChI is InChI=1S/C17H21N3O4/c1-11(2)20-12(3)15(9-18-20)17(23)19(4)13-5-7-14(8-6-13)24-10-16(21)22/h5-9,11H,10H2,1-4H3,(H,21,22). The zero-order chi connectivity index (χ0) is 17.9. The molecule has 0 saturated heterocycles. The first-order valence-electron chi connectivity index (χ1n) is 7.58. The molecule has 1 aromatic heterocycles. The maximum absolute atomic E-state index is 12.7. The van der Waals surface area contributed by atoms with Crippen molar-refractivity contribution in [3.05, 3.63) is 41.7 Å². The second-order valence-electron chi connectivity index (χ2n) is 5.72. The quantitative estimate of drug-likeness (QED) is 0.879. The molecule has 0 aliphatic rings. The monoisotopic (exact) mass is 331 g/mol. The summed E-state index contributed by atoms with van der Waals surface area (Å²) in [6.07, 6.45) is 1.58. The molecule has 2 rings (SSSR count). The Hall–Kier alpha value is -2.83. The van der Waals surface area contributed by atoms with E-state index in [-0.39, 0.29) is 11.9 Å². The molecule has 0 bridgehead atoms. The molecule has 1 aromatic carbocycles. The van der Waals surface area contributed by atoms with Gasteiger partial charge in [0.1, 0.15) is 5.75 Å². The lowest BCUT2D eigenvalue weighted by atomic mass is 10.2. The smallest absolute Gasteiger partial charge is 0.341 e. The highest BCUT2D eigenvalue weighted by atomic mass is 16.5. The number of anilines is 1. The number of ether oxygens (including phenoxy) is 1. The summed E-state index contributed by atoms with van der Waals surface area (Å²) in [5.41, 5.74) is 2.06. The second-order valence-corrected chi connectivity index (χ2v) is 5.72. The minimum Gasteiger partial charge on any atom is -0.482 e.